The predicted molar refractivity (Wildman–Crippen MR) is 87.1 cm³/mol. The molecule has 0 spiro atoms. The standard InChI is InChI=1S/C16H16N4O2S/c17-13-12(9-11-7-4-8-22-11)14(21)18-16-20(13)19-15(23-16)10-5-2-1-3-6-10/h4,7-9,17,19H,1-3,5-6H2. The Hall–Kier alpha value is -2.41. The van der Waals surface area contributed by atoms with Crippen LogP contribution >= 0.6 is 11.3 Å². The van der Waals surface area contributed by atoms with Crippen molar-refractivity contribution >= 4 is 23.0 Å². The number of aromatic nitrogens is 3. The number of nitrogens with one attached hydrogen (secondary N) is 2. The average Bonchev–Trinajstić information content (AvgIpc) is 3.22. The van der Waals surface area contributed by atoms with Crippen molar-refractivity contribution in [2.45, 2.75) is 32.1 Å². The van der Waals surface area contributed by atoms with Crippen molar-refractivity contribution in [2.75, 3.05) is 0 Å². The van der Waals surface area contributed by atoms with Gasteiger partial charge in [0.05, 0.1) is 11.5 Å². The molecule has 4 rings (SSSR count). The molecule has 0 atom stereocenters. The van der Waals surface area contributed by atoms with E-state index in [1.807, 2.05) is 0 Å². The molecule has 2 aliphatic heterocycles. The summed E-state index contributed by atoms with van der Waals surface area (Å²) in [4.78, 5) is 16.4. The van der Waals surface area contributed by atoms with Gasteiger partial charge in [0.15, 0.2) is 5.49 Å². The highest BCUT2D eigenvalue weighted by Crippen LogP contribution is 2.23. The molecule has 0 saturated heterocycles. The summed E-state index contributed by atoms with van der Waals surface area (Å²) in [6.45, 7) is 0. The maximum atomic E-state index is 12.2. The third kappa shape index (κ3) is 2.57. The molecule has 1 saturated carbocycles. The zero-order valence-electron chi connectivity index (χ0n) is 12.5. The summed E-state index contributed by atoms with van der Waals surface area (Å²) >= 11 is 1.45. The molecule has 118 valence electrons. The predicted octanol–water partition coefficient (Wildman–Crippen LogP) is 1.08. The molecule has 0 aromatic carbocycles. The van der Waals surface area contributed by atoms with Gasteiger partial charge in [-0.25, -0.2) is 4.68 Å². The highest BCUT2D eigenvalue weighted by molar-refractivity contribution is 7.11. The Morgan fingerprint density at radius 1 is 1.35 bits per heavy atom. The lowest BCUT2D eigenvalue weighted by atomic mass is 9.96. The van der Waals surface area contributed by atoms with Crippen molar-refractivity contribution < 1.29 is 4.42 Å². The molecule has 0 radical (unpaired) electrons. The molecule has 6 nitrogen and oxygen atoms in total. The molecule has 0 bridgehead atoms. The fraction of sp³-hybridized carbons (Fsp3) is 0.312. The van der Waals surface area contributed by atoms with E-state index >= 15 is 0 Å². The smallest absolute Gasteiger partial charge is 0.283 e. The maximum Gasteiger partial charge on any atom is 0.283 e. The van der Waals surface area contributed by atoms with Crippen molar-refractivity contribution in [3.63, 3.8) is 0 Å². The number of hydrogen-bond acceptors (Lipinski definition) is 5. The maximum absolute atomic E-state index is 12.2. The van der Waals surface area contributed by atoms with Gasteiger partial charge in [-0.05, 0) is 49.5 Å². The summed E-state index contributed by atoms with van der Waals surface area (Å²) in [6, 6.07) is 3.49. The molecule has 1 aliphatic carbocycles. The Morgan fingerprint density at radius 3 is 2.91 bits per heavy atom. The zero-order valence-corrected chi connectivity index (χ0v) is 13.3. The number of aromatic amines is 1. The minimum atomic E-state index is -0.401. The minimum Gasteiger partial charge on any atom is -0.465 e. The Bertz CT molecular complexity index is 1030. The minimum absolute atomic E-state index is 0.107. The van der Waals surface area contributed by atoms with E-state index in [9.17, 15) is 4.79 Å². The topological polar surface area (TPSA) is 87.7 Å². The number of H-pyrrole nitrogens is 1. The molecule has 0 unspecified atom stereocenters. The van der Waals surface area contributed by atoms with Crippen molar-refractivity contribution in [1.82, 2.24) is 14.8 Å². The molecule has 7 heteroatoms. The van der Waals surface area contributed by atoms with Gasteiger partial charge in [-0.3, -0.25) is 15.3 Å². The molecular formula is C16H16N4O2S. The van der Waals surface area contributed by atoms with Crippen molar-refractivity contribution in [1.29, 1.82) is 5.41 Å². The van der Waals surface area contributed by atoms with E-state index in [2.05, 4.69) is 10.1 Å². The Labute approximate surface area is 135 Å². The van der Waals surface area contributed by atoms with Crippen LogP contribution in [-0.2, 0) is 0 Å². The highest BCUT2D eigenvalue weighted by atomic mass is 32.1. The van der Waals surface area contributed by atoms with Crippen molar-refractivity contribution in [2.24, 2.45) is 0 Å². The lowest BCUT2D eigenvalue weighted by Crippen LogP contribution is -2.47. The molecule has 1 fully saturated rings. The first-order chi connectivity index (χ1) is 11.2. The lowest BCUT2D eigenvalue weighted by Gasteiger charge is -2.11. The second-order valence-corrected chi connectivity index (χ2v) is 6.64. The number of nitrogens with zero attached hydrogens (tertiary/aromatic N) is 2. The Kier molecular flexibility index (Phi) is 3.49. The zero-order chi connectivity index (χ0) is 15.8. The van der Waals surface area contributed by atoms with E-state index in [1.54, 1.807) is 22.9 Å². The third-order valence-corrected chi connectivity index (χ3v) is 5.15. The first kappa shape index (κ1) is 14.2. The molecule has 1 aromatic heterocycles. The molecule has 2 N–H and O–H groups in total. The summed E-state index contributed by atoms with van der Waals surface area (Å²) in [5.74, 6) is 0.537. The fourth-order valence-corrected chi connectivity index (χ4v) is 3.93. The molecule has 3 aliphatic rings. The molecular weight excluding hydrogens is 312 g/mol. The monoisotopic (exact) mass is 328 g/mol. The largest absolute Gasteiger partial charge is 0.465 e. The average molecular weight is 328 g/mol. The van der Waals surface area contributed by atoms with Crippen LogP contribution in [0.4, 0.5) is 0 Å². The van der Waals surface area contributed by atoms with Crippen molar-refractivity contribution in [3.8, 4) is 5.13 Å². The SMILES string of the molecule is N=c1c(=Cc2ccco2)c(=O)nc2sc(=C3CCCCC3)[nH]n1-2. The van der Waals surface area contributed by atoms with Crippen LogP contribution in [0.1, 0.15) is 37.9 Å². The summed E-state index contributed by atoms with van der Waals surface area (Å²) in [5.41, 5.74) is 1.08. The van der Waals surface area contributed by atoms with Crippen molar-refractivity contribution in [3.05, 3.63) is 49.9 Å². The summed E-state index contributed by atoms with van der Waals surface area (Å²) in [7, 11) is 0. The summed E-state index contributed by atoms with van der Waals surface area (Å²) < 4.78 is 7.84. The molecule has 3 heterocycles. The van der Waals surface area contributed by atoms with Gasteiger partial charge in [-0.15, -0.1) is 0 Å². The van der Waals surface area contributed by atoms with E-state index in [1.165, 1.54) is 42.4 Å². The summed E-state index contributed by atoms with van der Waals surface area (Å²) in [5, 5.41) is 12.3. The Morgan fingerprint density at radius 2 is 2.17 bits per heavy atom. The van der Waals surface area contributed by atoms with Gasteiger partial charge in [-0.2, -0.15) is 4.98 Å². The number of furan rings is 1. The van der Waals surface area contributed by atoms with Gasteiger partial charge in [0, 0.05) is 0 Å². The first-order valence-corrected chi connectivity index (χ1v) is 8.48. The Balaban J connectivity index is 1.98. The fourth-order valence-electron chi connectivity index (χ4n) is 2.90. The van der Waals surface area contributed by atoms with Crippen LogP contribution in [-0.4, -0.2) is 14.8 Å². The van der Waals surface area contributed by atoms with Gasteiger partial charge in [0.1, 0.15) is 10.4 Å². The van der Waals surface area contributed by atoms with E-state index in [-0.39, 0.29) is 10.7 Å². The van der Waals surface area contributed by atoms with E-state index in [0.29, 0.717) is 10.9 Å². The second kappa shape index (κ2) is 5.66. The van der Waals surface area contributed by atoms with Crippen LogP contribution in [0.2, 0.25) is 0 Å². The van der Waals surface area contributed by atoms with Gasteiger partial charge >= 0.3 is 0 Å². The highest BCUT2D eigenvalue weighted by Gasteiger charge is 2.13. The van der Waals surface area contributed by atoms with Gasteiger partial charge in [0.2, 0.25) is 5.13 Å². The molecule has 0 amide bonds. The summed E-state index contributed by atoms with van der Waals surface area (Å²) in [6.07, 6.45) is 8.92. The van der Waals surface area contributed by atoms with Crippen LogP contribution in [0.15, 0.2) is 27.6 Å². The van der Waals surface area contributed by atoms with Gasteiger partial charge in [-0.1, -0.05) is 17.8 Å². The van der Waals surface area contributed by atoms with Crippen LogP contribution in [0.3, 0.4) is 0 Å². The quantitative estimate of drug-likeness (QED) is 0.700. The molecule has 1 aromatic rings. The van der Waals surface area contributed by atoms with E-state index in [0.717, 1.165) is 17.5 Å². The third-order valence-electron chi connectivity index (χ3n) is 4.11. The van der Waals surface area contributed by atoms with Crippen LogP contribution in [0.25, 0.3) is 16.8 Å². The number of hydrogen-bond donors (Lipinski definition) is 2. The van der Waals surface area contributed by atoms with E-state index < -0.39 is 5.56 Å². The van der Waals surface area contributed by atoms with Crippen LogP contribution in [0, 0.1) is 5.41 Å². The molecule has 23 heavy (non-hydrogen) atoms. The van der Waals surface area contributed by atoms with Crippen LogP contribution < -0.4 is 20.9 Å². The lowest BCUT2D eigenvalue weighted by molar-refractivity contribution is 0.556. The van der Waals surface area contributed by atoms with Gasteiger partial charge < -0.3 is 4.42 Å². The van der Waals surface area contributed by atoms with Crippen LogP contribution in [0.5, 0.6) is 0 Å². The normalized spacial score (nSPS) is 16.3. The number of rotatable bonds is 1. The second-order valence-electron chi connectivity index (χ2n) is 5.66. The van der Waals surface area contributed by atoms with Gasteiger partial charge in [0.25, 0.3) is 5.56 Å². The first-order valence-electron chi connectivity index (χ1n) is 7.66. The van der Waals surface area contributed by atoms with E-state index in [4.69, 9.17) is 9.83 Å². The number of fused-ring (bicyclic) bond motifs is 1.